The number of nitrogens with two attached hydrogens (primary N) is 1. The average Bonchev–Trinajstić information content (AvgIpc) is 2.82. The highest BCUT2D eigenvalue weighted by atomic mass is 32.2. The van der Waals surface area contributed by atoms with Crippen LogP contribution in [0.25, 0.3) is 0 Å². The van der Waals surface area contributed by atoms with Crippen molar-refractivity contribution in [3.63, 3.8) is 0 Å². The number of thioether (sulfide) groups is 1. The van der Waals surface area contributed by atoms with E-state index in [1.165, 1.54) is 4.68 Å². The Kier molecular flexibility index (Phi) is 3.53. The highest BCUT2D eigenvalue weighted by Crippen LogP contribution is 2.31. The standard InChI is InChI=1S/C9H14N4O3S/c1-5-2-3-6(16-5)8-11-12-9(13(8)10)17-4-7(14)15/h5-6H,2-4,10H2,1H3,(H,14,15). The lowest BCUT2D eigenvalue weighted by Crippen LogP contribution is -2.17. The second kappa shape index (κ2) is 4.92. The molecule has 1 aromatic rings. The predicted molar refractivity (Wildman–Crippen MR) is 61.1 cm³/mol. The van der Waals surface area contributed by atoms with E-state index >= 15 is 0 Å². The molecule has 0 aromatic carbocycles. The number of rotatable bonds is 4. The Morgan fingerprint density at radius 1 is 1.65 bits per heavy atom. The molecule has 2 heterocycles. The molecule has 1 aromatic heterocycles. The predicted octanol–water partition coefficient (Wildman–Crippen LogP) is 0.409. The van der Waals surface area contributed by atoms with Crippen molar-refractivity contribution in [1.82, 2.24) is 14.9 Å². The first-order valence-corrected chi connectivity index (χ1v) is 6.27. The molecule has 1 aliphatic rings. The second-order valence-corrected chi connectivity index (χ2v) is 4.85. The van der Waals surface area contributed by atoms with Crippen LogP contribution in [0.5, 0.6) is 0 Å². The summed E-state index contributed by atoms with van der Waals surface area (Å²) in [6, 6.07) is 0. The van der Waals surface area contributed by atoms with E-state index in [0.29, 0.717) is 11.0 Å². The van der Waals surface area contributed by atoms with E-state index in [1.54, 1.807) is 0 Å². The quantitative estimate of drug-likeness (QED) is 0.595. The summed E-state index contributed by atoms with van der Waals surface area (Å²) in [5.74, 6) is 5.37. The lowest BCUT2D eigenvalue weighted by molar-refractivity contribution is -0.133. The average molecular weight is 258 g/mol. The molecule has 0 bridgehead atoms. The number of aromatic nitrogens is 3. The molecular weight excluding hydrogens is 244 g/mol. The molecule has 1 saturated heterocycles. The minimum atomic E-state index is -0.912. The van der Waals surface area contributed by atoms with Gasteiger partial charge in [-0.2, -0.15) is 0 Å². The van der Waals surface area contributed by atoms with Gasteiger partial charge in [-0.25, -0.2) is 4.68 Å². The van der Waals surface area contributed by atoms with Gasteiger partial charge < -0.3 is 15.7 Å². The maximum absolute atomic E-state index is 10.4. The molecule has 0 amide bonds. The summed E-state index contributed by atoms with van der Waals surface area (Å²) in [5, 5.41) is 16.8. The number of hydrogen-bond acceptors (Lipinski definition) is 6. The minimum Gasteiger partial charge on any atom is -0.481 e. The number of nitrogens with zero attached hydrogens (tertiary/aromatic N) is 3. The fourth-order valence-corrected chi connectivity index (χ4v) is 2.31. The molecule has 1 aliphatic heterocycles. The maximum atomic E-state index is 10.4. The summed E-state index contributed by atoms with van der Waals surface area (Å²) >= 11 is 1.04. The highest BCUT2D eigenvalue weighted by Gasteiger charge is 2.28. The van der Waals surface area contributed by atoms with Crippen molar-refractivity contribution in [3.05, 3.63) is 5.82 Å². The van der Waals surface area contributed by atoms with Crippen molar-refractivity contribution in [3.8, 4) is 0 Å². The molecule has 2 unspecified atom stereocenters. The largest absolute Gasteiger partial charge is 0.481 e. The van der Waals surface area contributed by atoms with Crippen molar-refractivity contribution >= 4 is 17.7 Å². The van der Waals surface area contributed by atoms with Gasteiger partial charge in [-0.05, 0) is 19.8 Å². The fourth-order valence-electron chi connectivity index (χ4n) is 1.73. The summed E-state index contributed by atoms with van der Waals surface area (Å²) in [5.41, 5.74) is 0. The lowest BCUT2D eigenvalue weighted by Gasteiger charge is -2.09. The summed E-state index contributed by atoms with van der Waals surface area (Å²) < 4.78 is 6.95. The van der Waals surface area contributed by atoms with E-state index in [2.05, 4.69) is 10.2 Å². The van der Waals surface area contributed by atoms with E-state index < -0.39 is 5.97 Å². The first-order chi connectivity index (χ1) is 8.08. The van der Waals surface area contributed by atoms with Crippen molar-refractivity contribution in [2.75, 3.05) is 11.6 Å². The second-order valence-electron chi connectivity index (χ2n) is 3.91. The number of carboxylic acid groups (broad SMARTS) is 1. The number of aliphatic carboxylic acids is 1. The van der Waals surface area contributed by atoms with Gasteiger partial charge in [0, 0.05) is 0 Å². The Morgan fingerprint density at radius 3 is 3.00 bits per heavy atom. The van der Waals surface area contributed by atoms with Gasteiger partial charge in [0.1, 0.15) is 6.10 Å². The third kappa shape index (κ3) is 2.70. The normalized spacial score (nSPS) is 24.1. The van der Waals surface area contributed by atoms with Crippen molar-refractivity contribution in [1.29, 1.82) is 0 Å². The fraction of sp³-hybridized carbons (Fsp3) is 0.667. The number of ether oxygens (including phenoxy) is 1. The topological polar surface area (TPSA) is 103 Å². The van der Waals surface area contributed by atoms with E-state index in [9.17, 15) is 4.79 Å². The molecule has 0 spiro atoms. The summed E-state index contributed by atoms with van der Waals surface area (Å²) in [6.45, 7) is 2.00. The van der Waals surface area contributed by atoms with Gasteiger partial charge in [-0.1, -0.05) is 11.8 Å². The van der Waals surface area contributed by atoms with Crippen LogP contribution in [-0.2, 0) is 9.53 Å². The Bertz CT molecular complexity index is 422. The van der Waals surface area contributed by atoms with Gasteiger partial charge in [-0.15, -0.1) is 10.2 Å². The maximum Gasteiger partial charge on any atom is 0.313 e. The molecule has 1 fully saturated rings. The Hall–Kier alpha value is -1.28. The van der Waals surface area contributed by atoms with Crippen molar-refractivity contribution in [2.24, 2.45) is 0 Å². The third-order valence-corrected chi connectivity index (χ3v) is 3.46. The molecular formula is C9H14N4O3S. The third-order valence-electron chi connectivity index (χ3n) is 2.54. The van der Waals surface area contributed by atoms with Gasteiger partial charge in [0.05, 0.1) is 11.9 Å². The molecule has 17 heavy (non-hydrogen) atoms. The lowest BCUT2D eigenvalue weighted by atomic mass is 10.2. The first-order valence-electron chi connectivity index (χ1n) is 5.28. The van der Waals surface area contributed by atoms with Crippen LogP contribution in [-0.4, -0.2) is 37.8 Å². The van der Waals surface area contributed by atoms with Gasteiger partial charge >= 0.3 is 5.97 Å². The monoisotopic (exact) mass is 258 g/mol. The Balaban J connectivity index is 2.07. The number of hydrogen-bond donors (Lipinski definition) is 2. The van der Waals surface area contributed by atoms with Crippen LogP contribution in [0.1, 0.15) is 31.7 Å². The Morgan fingerprint density at radius 2 is 2.41 bits per heavy atom. The Labute approximate surface area is 102 Å². The zero-order valence-electron chi connectivity index (χ0n) is 9.37. The van der Waals surface area contributed by atoms with Crippen molar-refractivity contribution in [2.45, 2.75) is 37.1 Å². The van der Waals surface area contributed by atoms with E-state index in [-0.39, 0.29) is 18.0 Å². The molecule has 2 rings (SSSR count). The number of nitrogen functional groups attached to an aromatic ring is 1. The molecule has 0 aliphatic carbocycles. The molecule has 94 valence electrons. The van der Waals surface area contributed by atoms with Crippen molar-refractivity contribution < 1.29 is 14.6 Å². The minimum absolute atomic E-state index is 0.0861. The van der Waals surface area contributed by atoms with E-state index in [4.69, 9.17) is 15.7 Å². The molecule has 8 heteroatoms. The van der Waals surface area contributed by atoms with Gasteiger partial charge in [-0.3, -0.25) is 4.79 Å². The zero-order valence-corrected chi connectivity index (χ0v) is 10.2. The number of carboxylic acids is 1. The zero-order chi connectivity index (χ0) is 12.4. The van der Waals surface area contributed by atoms with Crippen LogP contribution in [0.2, 0.25) is 0 Å². The summed E-state index contributed by atoms with van der Waals surface area (Å²) in [4.78, 5) is 10.4. The first kappa shape index (κ1) is 12.2. The molecule has 3 N–H and O–H groups in total. The van der Waals surface area contributed by atoms with Crippen LogP contribution >= 0.6 is 11.8 Å². The van der Waals surface area contributed by atoms with Crippen LogP contribution in [0.3, 0.4) is 0 Å². The number of carbonyl (C=O) groups is 1. The van der Waals surface area contributed by atoms with Crippen LogP contribution in [0.15, 0.2) is 5.16 Å². The van der Waals surface area contributed by atoms with E-state index in [1.807, 2.05) is 6.92 Å². The molecule has 0 radical (unpaired) electrons. The highest BCUT2D eigenvalue weighted by molar-refractivity contribution is 7.99. The molecule has 2 atom stereocenters. The molecule has 7 nitrogen and oxygen atoms in total. The van der Waals surface area contributed by atoms with E-state index in [0.717, 1.165) is 24.6 Å². The van der Waals surface area contributed by atoms with Crippen LogP contribution < -0.4 is 5.84 Å². The SMILES string of the molecule is CC1CCC(c2nnc(SCC(=O)O)n2N)O1. The van der Waals surface area contributed by atoms with Gasteiger partial charge in [0.2, 0.25) is 5.16 Å². The van der Waals surface area contributed by atoms with Gasteiger partial charge in [0.25, 0.3) is 0 Å². The van der Waals surface area contributed by atoms with Crippen LogP contribution in [0, 0.1) is 0 Å². The smallest absolute Gasteiger partial charge is 0.313 e. The van der Waals surface area contributed by atoms with Gasteiger partial charge in [0.15, 0.2) is 5.82 Å². The van der Waals surface area contributed by atoms with Crippen LogP contribution in [0.4, 0.5) is 0 Å². The summed E-state index contributed by atoms with van der Waals surface area (Å²) in [6.07, 6.45) is 1.89. The molecule has 0 saturated carbocycles. The summed E-state index contributed by atoms with van der Waals surface area (Å²) in [7, 11) is 0.